The van der Waals surface area contributed by atoms with Crippen LogP contribution in [0, 0.1) is 0 Å². The van der Waals surface area contributed by atoms with Crippen LogP contribution in [0.15, 0.2) is 48.5 Å². The Bertz CT molecular complexity index is 939. The van der Waals surface area contributed by atoms with Crippen LogP contribution in [-0.4, -0.2) is 30.8 Å². The molecule has 0 spiro atoms. The smallest absolute Gasteiger partial charge is 0.302 e. The van der Waals surface area contributed by atoms with Crippen molar-refractivity contribution in [3.63, 3.8) is 0 Å². The summed E-state index contributed by atoms with van der Waals surface area (Å²) in [6.07, 6.45) is -8.39. The number of halogens is 6. The van der Waals surface area contributed by atoms with Gasteiger partial charge in [0.1, 0.15) is 0 Å². The summed E-state index contributed by atoms with van der Waals surface area (Å²) in [6.45, 7) is 1.50. The lowest BCUT2D eigenvalue weighted by Gasteiger charge is -2.29. The zero-order valence-corrected chi connectivity index (χ0v) is 18.0. The molecule has 2 fully saturated rings. The zero-order valence-electron chi connectivity index (χ0n) is 18.0. The Hall–Kier alpha value is -2.02. The number of aryl methyl sites for hydroxylation is 1. The Morgan fingerprint density at radius 1 is 0.750 bits per heavy atom. The van der Waals surface area contributed by atoms with Gasteiger partial charge in [0.15, 0.2) is 0 Å². The topological polar surface area (TPSA) is 3.24 Å². The van der Waals surface area contributed by atoms with Gasteiger partial charge in [-0.2, -0.15) is 26.3 Å². The van der Waals surface area contributed by atoms with Gasteiger partial charge in [0, 0.05) is 6.54 Å². The largest absolute Gasteiger partial charge is 0.398 e. The minimum atomic E-state index is -4.54. The predicted octanol–water partition coefficient (Wildman–Crippen LogP) is 6.94. The van der Waals surface area contributed by atoms with E-state index in [9.17, 15) is 26.3 Å². The van der Waals surface area contributed by atoms with Crippen LogP contribution in [0.2, 0.25) is 0 Å². The normalized spacial score (nSPS) is 19.2. The average molecular weight is 455 g/mol. The van der Waals surface area contributed by atoms with Crippen LogP contribution in [0.1, 0.15) is 54.4 Å². The van der Waals surface area contributed by atoms with E-state index in [2.05, 4.69) is 4.90 Å². The maximum atomic E-state index is 13.9. The highest BCUT2D eigenvalue weighted by atomic mass is 19.4. The highest BCUT2D eigenvalue weighted by Crippen LogP contribution is 2.66. The van der Waals surface area contributed by atoms with E-state index in [0.717, 1.165) is 13.1 Å². The highest BCUT2D eigenvalue weighted by molar-refractivity contribution is 5.50. The molecular formula is C25H27F6N. The van der Waals surface area contributed by atoms with Crippen LogP contribution >= 0.6 is 0 Å². The molecule has 0 heterocycles. The van der Waals surface area contributed by atoms with E-state index in [4.69, 9.17) is 0 Å². The molecule has 0 aromatic heterocycles. The van der Waals surface area contributed by atoms with Gasteiger partial charge >= 0.3 is 12.4 Å². The van der Waals surface area contributed by atoms with Crippen molar-refractivity contribution in [3.05, 3.63) is 70.8 Å². The summed E-state index contributed by atoms with van der Waals surface area (Å²) in [4.78, 5) is 2.13. The maximum Gasteiger partial charge on any atom is 0.398 e. The standard InChI is InChI=1S/C25H27F6N/c1-32(17-19-6-3-2-4-7-19)15-5-8-18-9-10-20(22(11-12-22)24(26,27)28)21(16-18)23(13-14-23)25(29,30)31/h2-4,6-7,9-10,16H,5,8,11-15,17H2,1H3. The summed E-state index contributed by atoms with van der Waals surface area (Å²) in [5.74, 6) is 0. The first-order chi connectivity index (χ1) is 15.0. The van der Waals surface area contributed by atoms with Crippen LogP contribution in [-0.2, 0) is 23.8 Å². The van der Waals surface area contributed by atoms with Gasteiger partial charge in [-0.1, -0.05) is 48.5 Å². The Balaban J connectivity index is 1.52. The Labute approximate surface area is 184 Å². The molecule has 174 valence electrons. The van der Waals surface area contributed by atoms with Gasteiger partial charge in [0.2, 0.25) is 0 Å². The van der Waals surface area contributed by atoms with Crippen molar-refractivity contribution in [1.82, 2.24) is 4.90 Å². The Morgan fingerprint density at radius 2 is 1.31 bits per heavy atom. The van der Waals surface area contributed by atoms with Crippen LogP contribution in [0.25, 0.3) is 0 Å². The molecule has 2 aromatic rings. The minimum Gasteiger partial charge on any atom is -0.302 e. The summed E-state index contributed by atoms with van der Waals surface area (Å²) in [7, 11) is 1.98. The molecule has 2 aromatic carbocycles. The molecule has 0 aliphatic heterocycles. The number of nitrogens with zero attached hydrogens (tertiary/aromatic N) is 1. The second-order valence-corrected chi connectivity index (χ2v) is 9.37. The first-order valence-corrected chi connectivity index (χ1v) is 11.0. The Kier molecular flexibility index (Phi) is 5.85. The van der Waals surface area contributed by atoms with Crippen LogP contribution < -0.4 is 0 Å². The van der Waals surface area contributed by atoms with Gasteiger partial charge in [-0.3, -0.25) is 0 Å². The quantitative estimate of drug-likeness (QED) is 0.390. The zero-order chi connectivity index (χ0) is 23.2. The van der Waals surface area contributed by atoms with E-state index in [0.29, 0.717) is 18.4 Å². The van der Waals surface area contributed by atoms with E-state index in [1.807, 2.05) is 37.4 Å². The highest BCUT2D eigenvalue weighted by Gasteiger charge is 2.70. The number of rotatable bonds is 8. The fourth-order valence-corrected chi connectivity index (χ4v) is 4.75. The van der Waals surface area contributed by atoms with Gasteiger partial charge in [0.05, 0.1) is 10.8 Å². The monoisotopic (exact) mass is 455 g/mol. The predicted molar refractivity (Wildman–Crippen MR) is 111 cm³/mol. The lowest BCUT2D eigenvalue weighted by Crippen LogP contribution is -2.35. The summed E-state index contributed by atoms with van der Waals surface area (Å²) in [5, 5.41) is 0. The summed E-state index contributed by atoms with van der Waals surface area (Å²) in [6, 6.07) is 14.3. The van der Waals surface area contributed by atoms with Crippen molar-refractivity contribution < 1.29 is 26.3 Å². The number of hydrogen-bond donors (Lipinski definition) is 0. The van der Waals surface area contributed by atoms with Gasteiger partial charge in [-0.15, -0.1) is 0 Å². The third kappa shape index (κ3) is 4.28. The molecule has 2 aliphatic carbocycles. The average Bonchev–Trinajstić information content (AvgIpc) is 3.61. The minimum absolute atomic E-state index is 0.138. The second-order valence-electron chi connectivity index (χ2n) is 9.37. The molecular weight excluding hydrogens is 428 g/mol. The number of benzene rings is 2. The molecule has 0 radical (unpaired) electrons. The molecule has 0 atom stereocenters. The van der Waals surface area contributed by atoms with Crippen molar-refractivity contribution in [3.8, 4) is 0 Å². The summed E-state index contributed by atoms with van der Waals surface area (Å²) in [5.41, 5.74) is -2.70. The van der Waals surface area contributed by atoms with Crippen LogP contribution in [0.4, 0.5) is 26.3 Å². The molecule has 7 heteroatoms. The SMILES string of the molecule is CN(CCCc1ccc(C2(C(F)(F)F)CC2)c(C2(C(F)(F)F)CC2)c1)Cc1ccccc1. The second kappa shape index (κ2) is 8.08. The molecule has 1 nitrogen and oxygen atoms in total. The first kappa shape index (κ1) is 23.1. The van der Waals surface area contributed by atoms with Crippen molar-refractivity contribution in [2.24, 2.45) is 0 Å². The van der Waals surface area contributed by atoms with E-state index in [-0.39, 0.29) is 36.8 Å². The molecule has 4 rings (SSSR count). The summed E-state index contributed by atoms with van der Waals surface area (Å²) < 4.78 is 82.9. The van der Waals surface area contributed by atoms with Crippen molar-refractivity contribution in [2.75, 3.05) is 13.6 Å². The van der Waals surface area contributed by atoms with Crippen LogP contribution in [0.5, 0.6) is 0 Å². The van der Waals surface area contributed by atoms with Crippen molar-refractivity contribution in [2.45, 2.75) is 68.3 Å². The molecule has 2 aliphatic rings. The van der Waals surface area contributed by atoms with E-state index < -0.39 is 23.2 Å². The van der Waals surface area contributed by atoms with Gasteiger partial charge in [0.25, 0.3) is 0 Å². The summed E-state index contributed by atoms with van der Waals surface area (Å²) >= 11 is 0. The van der Waals surface area contributed by atoms with Gasteiger partial charge in [-0.05, 0) is 74.4 Å². The molecule has 0 amide bonds. The Morgan fingerprint density at radius 3 is 1.84 bits per heavy atom. The van der Waals surface area contributed by atoms with Crippen LogP contribution in [0.3, 0.4) is 0 Å². The van der Waals surface area contributed by atoms with Crippen molar-refractivity contribution in [1.29, 1.82) is 0 Å². The number of hydrogen-bond acceptors (Lipinski definition) is 1. The third-order valence-corrected chi connectivity index (χ3v) is 7.00. The maximum absolute atomic E-state index is 13.9. The van der Waals surface area contributed by atoms with E-state index >= 15 is 0 Å². The van der Waals surface area contributed by atoms with Gasteiger partial charge < -0.3 is 4.90 Å². The molecule has 32 heavy (non-hydrogen) atoms. The fourth-order valence-electron chi connectivity index (χ4n) is 4.75. The third-order valence-electron chi connectivity index (χ3n) is 7.00. The van der Waals surface area contributed by atoms with Gasteiger partial charge in [-0.25, -0.2) is 0 Å². The van der Waals surface area contributed by atoms with E-state index in [1.165, 1.54) is 17.7 Å². The lowest BCUT2D eigenvalue weighted by molar-refractivity contribution is -0.167. The fraction of sp³-hybridized carbons (Fsp3) is 0.520. The number of alkyl halides is 6. The first-order valence-electron chi connectivity index (χ1n) is 11.0. The molecule has 2 saturated carbocycles. The molecule has 0 bridgehead atoms. The molecule has 0 N–H and O–H groups in total. The van der Waals surface area contributed by atoms with Crippen molar-refractivity contribution >= 4 is 0 Å². The molecule has 0 saturated heterocycles. The molecule has 0 unspecified atom stereocenters. The lowest BCUT2D eigenvalue weighted by atomic mass is 9.81. The van der Waals surface area contributed by atoms with E-state index in [1.54, 1.807) is 6.07 Å².